The number of rotatable bonds is 1. The Hall–Kier alpha value is 0.250. The topological polar surface area (TPSA) is 12.5 Å². The van der Waals surface area contributed by atoms with Gasteiger partial charge in [-0.05, 0) is 30.6 Å². The summed E-state index contributed by atoms with van der Waals surface area (Å²) in [5, 5.41) is 0. The van der Waals surface area contributed by atoms with Gasteiger partial charge >= 0.3 is 0 Å². The predicted molar refractivity (Wildman–Crippen MR) is 39.1 cm³/mol. The molecule has 0 aromatic carbocycles. The highest BCUT2D eigenvalue weighted by atomic mass is 35.5. The molecular formula is C8H11ClO. The number of epoxide rings is 1. The van der Waals surface area contributed by atoms with Gasteiger partial charge in [-0.2, -0.15) is 0 Å². The van der Waals surface area contributed by atoms with Gasteiger partial charge in [0.2, 0.25) is 0 Å². The first-order valence-corrected chi connectivity index (χ1v) is 4.65. The zero-order valence-electron chi connectivity index (χ0n) is 5.79. The van der Waals surface area contributed by atoms with Crippen molar-refractivity contribution in [1.29, 1.82) is 0 Å². The molecule has 0 spiro atoms. The van der Waals surface area contributed by atoms with E-state index in [2.05, 4.69) is 0 Å². The summed E-state index contributed by atoms with van der Waals surface area (Å²) in [5.74, 6) is 3.37. The minimum absolute atomic E-state index is 0.641. The Morgan fingerprint density at radius 3 is 2.80 bits per heavy atom. The van der Waals surface area contributed by atoms with Crippen molar-refractivity contribution >= 4 is 11.6 Å². The van der Waals surface area contributed by atoms with Crippen LogP contribution in [-0.2, 0) is 4.74 Å². The summed E-state index contributed by atoms with van der Waals surface area (Å²) in [5.41, 5.74) is 0. The molecule has 10 heavy (non-hydrogen) atoms. The van der Waals surface area contributed by atoms with Crippen molar-refractivity contribution < 1.29 is 4.74 Å². The van der Waals surface area contributed by atoms with Gasteiger partial charge in [0.1, 0.15) is 0 Å². The molecule has 0 amide bonds. The molecule has 0 N–H and O–H groups in total. The summed E-state index contributed by atoms with van der Waals surface area (Å²) in [6.07, 6.45) is 4.06. The maximum absolute atomic E-state index is 5.83. The van der Waals surface area contributed by atoms with E-state index >= 15 is 0 Å². The van der Waals surface area contributed by atoms with E-state index in [1.807, 2.05) is 0 Å². The van der Waals surface area contributed by atoms with Crippen molar-refractivity contribution in [3.05, 3.63) is 0 Å². The summed E-state index contributed by atoms with van der Waals surface area (Å²) >= 11 is 5.83. The van der Waals surface area contributed by atoms with Crippen LogP contribution in [0.2, 0.25) is 0 Å². The summed E-state index contributed by atoms with van der Waals surface area (Å²) in [7, 11) is 0. The first-order chi connectivity index (χ1) is 4.90. The lowest BCUT2D eigenvalue weighted by molar-refractivity contribution is 0.255. The maximum atomic E-state index is 5.83. The Morgan fingerprint density at radius 2 is 2.20 bits per heavy atom. The molecule has 1 heterocycles. The second kappa shape index (κ2) is 1.70. The largest absolute Gasteiger partial charge is 0.369 e. The van der Waals surface area contributed by atoms with Crippen LogP contribution in [0, 0.1) is 17.8 Å². The molecule has 1 nitrogen and oxygen atoms in total. The number of alkyl halides is 1. The molecular weight excluding hydrogens is 148 g/mol. The van der Waals surface area contributed by atoms with Crippen LogP contribution in [0.1, 0.15) is 12.8 Å². The number of ether oxygens (including phenoxy) is 1. The Bertz CT molecular complexity index is 171. The molecule has 2 aliphatic carbocycles. The smallest absolute Gasteiger partial charge is 0.0876 e. The Balaban J connectivity index is 1.85. The van der Waals surface area contributed by atoms with Crippen molar-refractivity contribution in [2.24, 2.45) is 17.8 Å². The van der Waals surface area contributed by atoms with E-state index in [1.54, 1.807) is 0 Å². The highest BCUT2D eigenvalue weighted by molar-refractivity contribution is 6.18. The van der Waals surface area contributed by atoms with E-state index in [1.165, 1.54) is 12.8 Å². The zero-order valence-corrected chi connectivity index (χ0v) is 6.55. The molecule has 3 aliphatic rings. The van der Waals surface area contributed by atoms with Crippen LogP contribution < -0.4 is 0 Å². The monoisotopic (exact) mass is 158 g/mol. The first kappa shape index (κ1) is 5.84. The number of hydrogen-bond donors (Lipinski definition) is 0. The van der Waals surface area contributed by atoms with E-state index in [0.29, 0.717) is 12.2 Å². The third-order valence-corrected chi connectivity index (χ3v) is 3.83. The van der Waals surface area contributed by atoms with Crippen molar-refractivity contribution in [3.63, 3.8) is 0 Å². The lowest BCUT2D eigenvalue weighted by Crippen LogP contribution is -2.18. The fraction of sp³-hybridized carbons (Fsp3) is 1.00. The molecule has 5 atom stereocenters. The highest BCUT2D eigenvalue weighted by Gasteiger charge is 2.62. The molecule has 56 valence electrons. The minimum Gasteiger partial charge on any atom is -0.369 e. The Kier molecular flexibility index (Phi) is 0.993. The average molecular weight is 159 g/mol. The molecule has 0 aromatic heterocycles. The molecule has 3 fully saturated rings. The van der Waals surface area contributed by atoms with Gasteiger partial charge in [0.05, 0.1) is 12.2 Å². The number of hydrogen-bond acceptors (Lipinski definition) is 1. The summed E-state index contributed by atoms with van der Waals surface area (Å²) in [4.78, 5) is 0. The summed E-state index contributed by atoms with van der Waals surface area (Å²) in [6.45, 7) is 0. The van der Waals surface area contributed by atoms with Crippen LogP contribution in [0.4, 0.5) is 0 Å². The van der Waals surface area contributed by atoms with Crippen LogP contribution in [-0.4, -0.2) is 18.1 Å². The fourth-order valence-corrected chi connectivity index (χ4v) is 3.26. The van der Waals surface area contributed by atoms with E-state index in [4.69, 9.17) is 16.3 Å². The van der Waals surface area contributed by atoms with Gasteiger partial charge in [-0.15, -0.1) is 11.6 Å². The summed E-state index contributed by atoms with van der Waals surface area (Å²) in [6, 6.07) is 0. The fourth-order valence-electron chi connectivity index (χ4n) is 2.91. The van der Waals surface area contributed by atoms with E-state index < -0.39 is 0 Å². The number of fused-ring (bicyclic) bond motifs is 5. The van der Waals surface area contributed by atoms with Gasteiger partial charge in [-0.1, -0.05) is 0 Å². The van der Waals surface area contributed by atoms with Gasteiger partial charge < -0.3 is 4.74 Å². The molecule has 2 bridgehead atoms. The van der Waals surface area contributed by atoms with E-state index in [-0.39, 0.29) is 0 Å². The zero-order chi connectivity index (χ0) is 6.72. The third kappa shape index (κ3) is 0.543. The normalized spacial score (nSPS) is 62.7. The van der Waals surface area contributed by atoms with E-state index in [0.717, 1.165) is 23.6 Å². The predicted octanol–water partition coefficient (Wildman–Crippen LogP) is 1.65. The van der Waals surface area contributed by atoms with Gasteiger partial charge in [0.25, 0.3) is 0 Å². The summed E-state index contributed by atoms with van der Waals surface area (Å²) < 4.78 is 5.51. The molecule has 1 saturated heterocycles. The second-order valence-corrected chi connectivity index (χ2v) is 4.18. The SMILES string of the molecule is ClC[C@H]1C[C@@H]2C[C@@H]1[C@H]1O[C@@H]21. The first-order valence-electron chi connectivity index (χ1n) is 4.11. The maximum Gasteiger partial charge on any atom is 0.0876 e. The lowest BCUT2D eigenvalue weighted by Gasteiger charge is -2.14. The second-order valence-electron chi connectivity index (χ2n) is 3.88. The molecule has 0 aromatic rings. The van der Waals surface area contributed by atoms with Crippen LogP contribution in [0.3, 0.4) is 0 Å². The minimum atomic E-state index is 0.641. The van der Waals surface area contributed by atoms with Crippen molar-refractivity contribution in [2.75, 3.05) is 5.88 Å². The molecule has 3 rings (SSSR count). The quantitative estimate of drug-likeness (QED) is 0.418. The van der Waals surface area contributed by atoms with Crippen LogP contribution in [0.15, 0.2) is 0 Å². The van der Waals surface area contributed by atoms with Crippen molar-refractivity contribution in [2.45, 2.75) is 25.0 Å². The van der Waals surface area contributed by atoms with Gasteiger partial charge in [0, 0.05) is 5.88 Å². The van der Waals surface area contributed by atoms with Gasteiger partial charge in [-0.25, -0.2) is 0 Å². The molecule has 2 saturated carbocycles. The van der Waals surface area contributed by atoms with Crippen LogP contribution >= 0.6 is 11.6 Å². The Labute approximate surface area is 65.7 Å². The van der Waals surface area contributed by atoms with Crippen molar-refractivity contribution in [3.8, 4) is 0 Å². The molecule has 2 heteroatoms. The molecule has 0 unspecified atom stereocenters. The molecule has 0 radical (unpaired) electrons. The third-order valence-electron chi connectivity index (χ3n) is 3.43. The van der Waals surface area contributed by atoms with Gasteiger partial charge in [0.15, 0.2) is 0 Å². The highest BCUT2D eigenvalue weighted by Crippen LogP contribution is 2.58. The Morgan fingerprint density at radius 1 is 1.30 bits per heavy atom. The standard InChI is InChI=1S/C8H11ClO/c9-3-5-1-4-2-6(5)8-7(4)10-8/h4-8H,1-3H2/t4-,5-,6+,7+,8-/m1/s1. The van der Waals surface area contributed by atoms with Crippen LogP contribution in [0.5, 0.6) is 0 Å². The molecule has 1 aliphatic heterocycles. The van der Waals surface area contributed by atoms with E-state index in [9.17, 15) is 0 Å². The lowest BCUT2D eigenvalue weighted by atomic mass is 9.90. The van der Waals surface area contributed by atoms with Crippen LogP contribution in [0.25, 0.3) is 0 Å². The van der Waals surface area contributed by atoms with Gasteiger partial charge in [-0.3, -0.25) is 0 Å². The number of halogens is 1. The van der Waals surface area contributed by atoms with Crippen molar-refractivity contribution in [1.82, 2.24) is 0 Å². The average Bonchev–Trinajstić information content (AvgIpc) is 2.58.